The zero-order chi connectivity index (χ0) is 13.1. The van der Waals surface area contributed by atoms with Crippen molar-refractivity contribution in [1.82, 2.24) is 4.90 Å². The highest BCUT2D eigenvalue weighted by molar-refractivity contribution is 7.80. The monoisotopic (exact) mass is 266 g/mol. The summed E-state index contributed by atoms with van der Waals surface area (Å²) < 4.78 is 5.18. The Morgan fingerprint density at radius 3 is 2.78 bits per heavy atom. The van der Waals surface area contributed by atoms with E-state index in [2.05, 4.69) is 12.6 Å². The minimum Gasteiger partial charge on any atom is -0.377 e. The molecule has 1 aromatic rings. The van der Waals surface area contributed by atoms with E-state index >= 15 is 0 Å². The van der Waals surface area contributed by atoms with Crippen LogP contribution in [0.4, 0.5) is 0 Å². The molecule has 0 aliphatic carbocycles. The molecule has 0 bridgehead atoms. The lowest BCUT2D eigenvalue weighted by Gasteiger charge is -2.33. The SMILES string of the molecule is NC(=O)C1COCCN1C(=O)c1ccccc1S. The summed E-state index contributed by atoms with van der Waals surface area (Å²) in [6.07, 6.45) is 0. The smallest absolute Gasteiger partial charge is 0.255 e. The number of amides is 2. The maximum absolute atomic E-state index is 12.3. The van der Waals surface area contributed by atoms with Gasteiger partial charge in [0, 0.05) is 11.4 Å². The number of primary amides is 1. The Bertz CT molecular complexity index is 478. The van der Waals surface area contributed by atoms with Crippen molar-refractivity contribution in [2.75, 3.05) is 19.8 Å². The molecule has 1 saturated heterocycles. The van der Waals surface area contributed by atoms with E-state index in [9.17, 15) is 9.59 Å². The highest BCUT2D eigenvalue weighted by Gasteiger charge is 2.32. The average molecular weight is 266 g/mol. The maximum atomic E-state index is 12.3. The van der Waals surface area contributed by atoms with Crippen LogP contribution in [-0.2, 0) is 9.53 Å². The third-order valence-corrected chi connectivity index (χ3v) is 3.24. The molecule has 1 aliphatic rings. The van der Waals surface area contributed by atoms with Crippen LogP contribution < -0.4 is 5.73 Å². The third kappa shape index (κ3) is 2.49. The van der Waals surface area contributed by atoms with Gasteiger partial charge in [0.1, 0.15) is 6.04 Å². The van der Waals surface area contributed by atoms with Gasteiger partial charge in [-0.15, -0.1) is 12.6 Å². The second-order valence-corrected chi connectivity index (χ2v) is 4.49. The van der Waals surface area contributed by atoms with Crippen molar-refractivity contribution in [1.29, 1.82) is 0 Å². The largest absolute Gasteiger partial charge is 0.377 e. The lowest BCUT2D eigenvalue weighted by molar-refractivity contribution is -0.127. The fraction of sp³-hybridized carbons (Fsp3) is 0.333. The van der Waals surface area contributed by atoms with Crippen molar-refractivity contribution in [2.24, 2.45) is 5.73 Å². The van der Waals surface area contributed by atoms with E-state index in [1.165, 1.54) is 4.90 Å². The maximum Gasteiger partial charge on any atom is 0.255 e. The molecule has 0 saturated carbocycles. The van der Waals surface area contributed by atoms with Crippen LogP contribution >= 0.6 is 12.6 Å². The number of carbonyl (C=O) groups excluding carboxylic acids is 2. The number of ether oxygens (including phenoxy) is 1. The predicted octanol–water partition coefficient (Wildman–Crippen LogP) is 0.302. The zero-order valence-electron chi connectivity index (χ0n) is 9.70. The van der Waals surface area contributed by atoms with Gasteiger partial charge < -0.3 is 15.4 Å². The summed E-state index contributed by atoms with van der Waals surface area (Å²) in [7, 11) is 0. The van der Waals surface area contributed by atoms with Gasteiger partial charge in [-0.25, -0.2) is 0 Å². The predicted molar refractivity (Wildman–Crippen MR) is 68.5 cm³/mol. The molecule has 1 aromatic carbocycles. The molecule has 6 heteroatoms. The molecule has 0 spiro atoms. The highest BCUT2D eigenvalue weighted by Crippen LogP contribution is 2.18. The van der Waals surface area contributed by atoms with Crippen molar-refractivity contribution in [3.05, 3.63) is 29.8 Å². The molecule has 2 rings (SSSR count). The van der Waals surface area contributed by atoms with Crippen LogP contribution in [0.3, 0.4) is 0 Å². The summed E-state index contributed by atoms with van der Waals surface area (Å²) >= 11 is 4.24. The summed E-state index contributed by atoms with van der Waals surface area (Å²) in [5.74, 6) is -0.799. The molecule has 0 aromatic heterocycles. The molecule has 18 heavy (non-hydrogen) atoms. The summed E-state index contributed by atoms with van der Waals surface area (Å²) in [5, 5.41) is 0. The topological polar surface area (TPSA) is 72.6 Å². The third-order valence-electron chi connectivity index (χ3n) is 2.85. The molecule has 2 amide bonds. The summed E-state index contributed by atoms with van der Waals surface area (Å²) in [5.41, 5.74) is 5.75. The van der Waals surface area contributed by atoms with E-state index in [0.717, 1.165) is 0 Å². The number of rotatable bonds is 2. The van der Waals surface area contributed by atoms with Crippen molar-refractivity contribution < 1.29 is 14.3 Å². The highest BCUT2D eigenvalue weighted by atomic mass is 32.1. The quantitative estimate of drug-likeness (QED) is 0.756. The van der Waals surface area contributed by atoms with Crippen LogP contribution in [0.2, 0.25) is 0 Å². The molecule has 2 N–H and O–H groups in total. The number of hydrogen-bond donors (Lipinski definition) is 2. The van der Waals surface area contributed by atoms with E-state index < -0.39 is 11.9 Å². The van der Waals surface area contributed by atoms with Crippen LogP contribution in [0.15, 0.2) is 29.2 Å². The van der Waals surface area contributed by atoms with E-state index in [4.69, 9.17) is 10.5 Å². The van der Waals surface area contributed by atoms with E-state index in [0.29, 0.717) is 23.6 Å². The second kappa shape index (κ2) is 5.41. The Balaban J connectivity index is 2.27. The van der Waals surface area contributed by atoms with Gasteiger partial charge in [-0.1, -0.05) is 12.1 Å². The molecule has 0 radical (unpaired) electrons. The fourth-order valence-electron chi connectivity index (χ4n) is 1.89. The van der Waals surface area contributed by atoms with Gasteiger partial charge in [-0.05, 0) is 12.1 Å². The van der Waals surface area contributed by atoms with Crippen LogP contribution in [0.25, 0.3) is 0 Å². The number of hydrogen-bond acceptors (Lipinski definition) is 4. The van der Waals surface area contributed by atoms with E-state index in [-0.39, 0.29) is 12.5 Å². The first kappa shape index (κ1) is 12.9. The fourth-order valence-corrected chi connectivity index (χ4v) is 2.15. The Morgan fingerprint density at radius 1 is 1.39 bits per heavy atom. The Morgan fingerprint density at radius 2 is 2.11 bits per heavy atom. The standard InChI is InChI=1S/C12H14N2O3S/c13-11(15)9-7-17-6-5-14(9)12(16)8-3-1-2-4-10(8)18/h1-4,9,18H,5-7H2,(H2,13,15). The zero-order valence-corrected chi connectivity index (χ0v) is 10.6. The minimum atomic E-state index is -0.709. The molecule has 1 heterocycles. The van der Waals surface area contributed by atoms with Gasteiger partial charge >= 0.3 is 0 Å². The normalized spacial score (nSPS) is 19.6. The van der Waals surface area contributed by atoms with E-state index in [1.807, 2.05) is 0 Å². The molecular weight excluding hydrogens is 252 g/mol. The Hall–Kier alpha value is -1.53. The van der Waals surface area contributed by atoms with E-state index in [1.54, 1.807) is 24.3 Å². The molecule has 96 valence electrons. The van der Waals surface area contributed by atoms with Crippen LogP contribution in [-0.4, -0.2) is 42.5 Å². The van der Waals surface area contributed by atoms with Crippen molar-refractivity contribution in [2.45, 2.75) is 10.9 Å². The van der Waals surface area contributed by atoms with Crippen molar-refractivity contribution >= 4 is 24.4 Å². The number of benzene rings is 1. The first-order valence-corrected chi connectivity index (χ1v) is 6.02. The minimum absolute atomic E-state index is 0.149. The lowest BCUT2D eigenvalue weighted by atomic mass is 10.1. The van der Waals surface area contributed by atoms with Crippen LogP contribution in [0.1, 0.15) is 10.4 Å². The summed E-state index contributed by atoms with van der Waals surface area (Å²) in [6, 6.07) is 6.25. The molecule has 1 unspecified atom stereocenters. The first-order valence-electron chi connectivity index (χ1n) is 5.57. The Kier molecular flexibility index (Phi) is 3.88. The summed E-state index contributed by atoms with van der Waals surface area (Å²) in [4.78, 5) is 25.7. The number of carbonyl (C=O) groups is 2. The van der Waals surface area contributed by atoms with Gasteiger partial charge in [0.05, 0.1) is 18.8 Å². The van der Waals surface area contributed by atoms with Crippen molar-refractivity contribution in [3.63, 3.8) is 0 Å². The molecule has 5 nitrogen and oxygen atoms in total. The van der Waals surface area contributed by atoms with Crippen LogP contribution in [0, 0.1) is 0 Å². The first-order chi connectivity index (χ1) is 8.61. The molecule has 1 atom stereocenters. The average Bonchev–Trinajstić information content (AvgIpc) is 2.38. The number of nitrogens with two attached hydrogens (primary N) is 1. The van der Waals surface area contributed by atoms with Gasteiger partial charge in [0.25, 0.3) is 5.91 Å². The number of nitrogens with zero attached hydrogens (tertiary/aromatic N) is 1. The molecule has 1 fully saturated rings. The Labute approximate surface area is 110 Å². The van der Waals surface area contributed by atoms with Gasteiger partial charge in [-0.2, -0.15) is 0 Å². The van der Waals surface area contributed by atoms with Gasteiger partial charge in [0.15, 0.2) is 0 Å². The van der Waals surface area contributed by atoms with Crippen molar-refractivity contribution in [3.8, 4) is 0 Å². The van der Waals surface area contributed by atoms with Crippen LogP contribution in [0.5, 0.6) is 0 Å². The molecular formula is C12H14N2O3S. The van der Waals surface area contributed by atoms with Gasteiger partial charge in [-0.3, -0.25) is 9.59 Å². The van der Waals surface area contributed by atoms with Gasteiger partial charge in [0.2, 0.25) is 5.91 Å². The summed E-state index contributed by atoms with van der Waals surface area (Å²) in [6.45, 7) is 0.911. The molecule has 1 aliphatic heterocycles. The number of thiol groups is 1. The second-order valence-electron chi connectivity index (χ2n) is 4.01. The lowest BCUT2D eigenvalue weighted by Crippen LogP contribution is -2.54. The number of morpholine rings is 1.